The Labute approximate surface area is 115 Å². The Morgan fingerprint density at radius 3 is 2.79 bits per heavy atom. The molecule has 0 fully saturated rings. The highest BCUT2D eigenvalue weighted by Crippen LogP contribution is 2.27. The third-order valence-electron chi connectivity index (χ3n) is 2.46. The average molecular weight is 274 g/mol. The molecular weight excluding hydrogens is 260 g/mol. The number of aromatic nitrogens is 2. The number of thioether (sulfide) groups is 1. The molecule has 5 nitrogen and oxygen atoms in total. The first-order chi connectivity index (χ1) is 9.16. The van der Waals surface area contributed by atoms with E-state index in [4.69, 9.17) is 5.73 Å². The van der Waals surface area contributed by atoms with Gasteiger partial charge in [0.25, 0.3) is 0 Å². The standard InChI is InChI=1S/C13H14N4OS/c1-9-4-2-5-10(12(9)14)19-8-11(18)17-13-15-6-3-7-16-13/h2-7H,8,14H2,1H3,(H,15,16,17,18). The highest BCUT2D eigenvalue weighted by atomic mass is 32.2. The largest absolute Gasteiger partial charge is 0.398 e. The second-order valence-corrected chi connectivity index (χ2v) is 4.91. The molecule has 0 aliphatic heterocycles. The Bertz CT molecular complexity index is 574. The predicted octanol–water partition coefficient (Wildman–Crippen LogP) is 2.10. The Hall–Kier alpha value is -2.08. The van der Waals surface area contributed by atoms with Crippen molar-refractivity contribution in [3.05, 3.63) is 42.2 Å². The second kappa shape index (κ2) is 6.19. The zero-order chi connectivity index (χ0) is 13.7. The smallest absolute Gasteiger partial charge is 0.237 e. The van der Waals surface area contributed by atoms with Crippen LogP contribution in [0.3, 0.4) is 0 Å². The van der Waals surface area contributed by atoms with E-state index in [2.05, 4.69) is 15.3 Å². The molecule has 0 saturated heterocycles. The molecule has 0 radical (unpaired) electrons. The maximum Gasteiger partial charge on any atom is 0.237 e. The van der Waals surface area contributed by atoms with Crippen LogP contribution in [0.25, 0.3) is 0 Å². The molecule has 0 atom stereocenters. The Kier molecular flexibility index (Phi) is 4.35. The molecule has 0 saturated carbocycles. The van der Waals surface area contributed by atoms with Gasteiger partial charge in [0.2, 0.25) is 11.9 Å². The third kappa shape index (κ3) is 3.69. The van der Waals surface area contributed by atoms with E-state index >= 15 is 0 Å². The SMILES string of the molecule is Cc1cccc(SCC(=O)Nc2ncccn2)c1N. The highest BCUT2D eigenvalue weighted by molar-refractivity contribution is 8.00. The normalized spacial score (nSPS) is 10.2. The Morgan fingerprint density at radius 2 is 2.05 bits per heavy atom. The van der Waals surface area contributed by atoms with E-state index in [9.17, 15) is 4.79 Å². The molecule has 1 aromatic heterocycles. The van der Waals surface area contributed by atoms with E-state index in [1.165, 1.54) is 11.8 Å². The van der Waals surface area contributed by atoms with Crippen LogP contribution < -0.4 is 11.1 Å². The lowest BCUT2D eigenvalue weighted by atomic mass is 10.2. The summed E-state index contributed by atoms with van der Waals surface area (Å²) in [6.45, 7) is 1.94. The van der Waals surface area contributed by atoms with E-state index in [1.54, 1.807) is 18.5 Å². The molecule has 1 aromatic carbocycles. The number of amides is 1. The quantitative estimate of drug-likeness (QED) is 0.659. The average Bonchev–Trinajstić information content (AvgIpc) is 2.42. The summed E-state index contributed by atoms with van der Waals surface area (Å²) in [5.74, 6) is 0.425. The van der Waals surface area contributed by atoms with Gasteiger partial charge in [-0.05, 0) is 24.6 Å². The molecule has 1 heterocycles. The number of rotatable bonds is 4. The van der Waals surface area contributed by atoms with Gasteiger partial charge in [0, 0.05) is 23.0 Å². The zero-order valence-electron chi connectivity index (χ0n) is 10.5. The van der Waals surface area contributed by atoms with Crippen LogP contribution in [0.15, 0.2) is 41.6 Å². The van der Waals surface area contributed by atoms with Gasteiger partial charge < -0.3 is 5.73 Å². The molecule has 2 rings (SSSR count). The van der Waals surface area contributed by atoms with E-state index in [0.717, 1.165) is 16.1 Å². The van der Waals surface area contributed by atoms with Crippen molar-refractivity contribution in [2.24, 2.45) is 0 Å². The summed E-state index contributed by atoms with van der Waals surface area (Å²) < 4.78 is 0. The molecule has 98 valence electrons. The fourth-order valence-corrected chi connectivity index (χ4v) is 2.30. The molecule has 19 heavy (non-hydrogen) atoms. The summed E-state index contributed by atoms with van der Waals surface area (Å²) in [5, 5.41) is 2.62. The van der Waals surface area contributed by atoms with Crippen LogP contribution in [0.2, 0.25) is 0 Å². The maximum atomic E-state index is 11.7. The van der Waals surface area contributed by atoms with Crippen LogP contribution in [0, 0.1) is 6.92 Å². The van der Waals surface area contributed by atoms with Gasteiger partial charge in [-0.25, -0.2) is 9.97 Å². The Morgan fingerprint density at radius 1 is 1.32 bits per heavy atom. The molecule has 0 aliphatic rings. The van der Waals surface area contributed by atoms with Crippen LogP contribution in [-0.4, -0.2) is 21.6 Å². The van der Waals surface area contributed by atoms with Crippen molar-refractivity contribution in [2.45, 2.75) is 11.8 Å². The summed E-state index contributed by atoms with van der Waals surface area (Å²) >= 11 is 1.40. The van der Waals surface area contributed by atoms with Gasteiger partial charge in [-0.3, -0.25) is 10.1 Å². The lowest BCUT2D eigenvalue weighted by molar-refractivity contribution is -0.113. The number of benzene rings is 1. The zero-order valence-corrected chi connectivity index (χ0v) is 11.3. The van der Waals surface area contributed by atoms with Crippen molar-refractivity contribution in [1.82, 2.24) is 9.97 Å². The summed E-state index contributed by atoms with van der Waals surface area (Å²) in [6.07, 6.45) is 3.16. The van der Waals surface area contributed by atoms with Crippen molar-refractivity contribution in [3.8, 4) is 0 Å². The number of anilines is 2. The van der Waals surface area contributed by atoms with Crippen molar-refractivity contribution >= 4 is 29.3 Å². The number of nitrogen functional groups attached to an aromatic ring is 1. The first-order valence-corrected chi connectivity index (χ1v) is 6.70. The molecule has 3 N–H and O–H groups in total. The van der Waals surface area contributed by atoms with E-state index < -0.39 is 0 Å². The van der Waals surface area contributed by atoms with Gasteiger partial charge in [0.15, 0.2) is 0 Å². The number of aryl methyl sites for hydroxylation is 1. The molecule has 0 bridgehead atoms. The summed E-state index contributed by atoms with van der Waals surface area (Å²) in [5.41, 5.74) is 7.67. The molecule has 1 amide bonds. The Balaban J connectivity index is 1.92. The van der Waals surface area contributed by atoms with Gasteiger partial charge >= 0.3 is 0 Å². The summed E-state index contributed by atoms with van der Waals surface area (Å²) in [4.78, 5) is 20.5. The third-order valence-corrected chi connectivity index (χ3v) is 3.53. The van der Waals surface area contributed by atoms with Crippen LogP contribution in [0.4, 0.5) is 11.6 Å². The highest BCUT2D eigenvalue weighted by Gasteiger charge is 2.07. The van der Waals surface area contributed by atoms with Crippen molar-refractivity contribution in [1.29, 1.82) is 0 Å². The van der Waals surface area contributed by atoms with Crippen molar-refractivity contribution < 1.29 is 4.79 Å². The van der Waals surface area contributed by atoms with Crippen LogP contribution in [0.5, 0.6) is 0 Å². The molecule has 2 aromatic rings. The first kappa shape index (κ1) is 13.4. The molecule has 6 heteroatoms. The van der Waals surface area contributed by atoms with Gasteiger partial charge in [-0.1, -0.05) is 12.1 Å². The van der Waals surface area contributed by atoms with E-state index in [1.807, 2.05) is 25.1 Å². The predicted molar refractivity (Wildman–Crippen MR) is 77.0 cm³/mol. The van der Waals surface area contributed by atoms with Crippen LogP contribution in [0.1, 0.15) is 5.56 Å². The summed E-state index contributed by atoms with van der Waals surface area (Å²) in [6, 6.07) is 7.46. The fourth-order valence-electron chi connectivity index (χ4n) is 1.45. The first-order valence-electron chi connectivity index (χ1n) is 5.71. The molecule has 0 unspecified atom stereocenters. The summed E-state index contributed by atoms with van der Waals surface area (Å²) in [7, 11) is 0. The number of nitrogens with two attached hydrogens (primary N) is 1. The van der Waals surface area contributed by atoms with Gasteiger partial charge in [0.1, 0.15) is 0 Å². The van der Waals surface area contributed by atoms with E-state index in [-0.39, 0.29) is 11.7 Å². The van der Waals surface area contributed by atoms with E-state index in [0.29, 0.717) is 5.95 Å². The molecule has 0 aliphatic carbocycles. The monoisotopic (exact) mass is 274 g/mol. The lowest BCUT2D eigenvalue weighted by Gasteiger charge is -2.07. The maximum absolute atomic E-state index is 11.7. The molecular formula is C13H14N4OS. The van der Waals surface area contributed by atoms with Gasteiger partial charge in [0.05, 0.1) is 5.75 Å². The topological polar surface area (TPSA) is 80.9 Å². The number of para-hydroxylation sites is 1. The van der Waals surface area contributed by atoms with Crippen LogP contribution >= 0.6 is 11.8 Å². The van der Waals surface area contributed by atoms with Gasteiger partial charge in [-0.15, -0.1) is 11.8 Å². The minimum absolute atomic E-state index is 0.155. The van der Waals surface area contributed by atoms with Crippen molar-refractivity contribution in [2.75, 3.05) is 16.8 Å². The van der Waals surface area contributed by atoms with Gasteiger partial charge in [-0.2, -0.15) is 0 Å². The second-order valence-electron chi connectivity index (χ2n) is 3.90. The lowest BCUT2D eigenvalue weighted by Crippen LogP contribution is -2.16. The number of hydrogen-bond donors (Lipinski definition) is 2. The minimum Gasteiger partial charge on any atom is -0.398 e. The number of nitrogens with zero attached hydrogens (tertiary/aromatic N) is 2. The minimum atomic E-state index is -0.155. The van der Waals surface area contributed by atoms with Crippen LogP contribution in [-0.2, 0) is 4.79 Å². The number of hydrogen-bond acceptors (Lipinski definition) is 5. The van der Waals surface area contributed by atoms with Crippen molar-refractivity contribution in [3.63, 3.8) is 0 Å². The number of carbonyl (C=O) groups is 1. The molecule has 0 spiro atoms. The fraction of sp³-hybridized carbons (Fsp3) is 0.154. The number of nitrogens with one attached hydrogen (secondary N) is 1. The number of carbonyl (C=O) groups excluding carboxylic acids is 1.